The van der Waals surface area contributed by atoms with Crippen LogP contribution in [0.5, 0.6) is 0 Å². The van der Waals surface area contributed by atoms with Gasteiger partial charge in [0.25, 0.3) is 0 Å². The zero-order chi connectivity index (χ0) is 14.5. The lowest BCUT2D eigenvalue weighted by Gasteiger charge is -2.06. The van der Waals surface area contributed by atoms with Crippen LogP contribution < -0.4 is 0 Å². The molecular weight excluding hydrogens is 244 g/mol. The SMILES string of the molecule is CCCCCCCC/C=C/C(CC(=O)O)CC(=O)O. The van der Waals surface area contributed by atoms with Gasteiger partial charge in [0.2, 0.25) is 0 Å². The van der Waals surface area contributed by atoms with E-state index in [1.807, 2.05) is 6.08 Å². The van der Waals surface area contributed by atoms with Crippen LogP contribution in [-0.2, 0) is 9.59 Å². The van der Waals surface area contributed by atoms with Crippen molar-refractivity contribution in [2.75, 3.05) is 0 Å². The van der Waals surface area contributed by atoms with Crippen molar-refractivity contribution in [1.29, 1.82) is 0 Å². The molecule has 110 valence electrons. The molecule has 0 aliphatic rings. The average molecular weight is 270 g/mol. The Balaban J connectivity index is 3.77. The lowest BCUT2D eigenvalue weighted by atomic mass is 10.00. The Bertz CT molecular complexity index is 268. The zero-order valence-corrected chi connectivity index (χ0v) is 11.8. The van der Waals surface area contributed by atoms with E-state index in [1.54, 1.807) is 6.08 Å². The van der Waals surface area contributed by atoms with Gasteiger partial charge in [-0.1, -0.05) is 51.2 Å². The van der Waals surface area contributed by atoms with Crippen LogP contribution in [0.3, 0.4) is 0 Å². The lowest BCUT2D eigenvalue weighted by molar-refractivity contribution is -0.139. The van der Waals surface area contributed by atoms with Gasteiger partial charge in [-0.15, -0.1) is 0 Å². The van der Waals surface area contributed by atoms with E-state index in [0.29, 0.717) is 0 Å². The molecule has 0 fully saturated rings. The van der Waals surface area contributed by atoms with Crippen LogP contribution in [0, 0.1) is 5.92 Å². The smallest absolute Gasteiger partial charge is 0.303 e. The van der Waals surface area contributed by atoms with Crippen LogP contribution in [0.1, 0.15) is 64.7 Å². The monoisotopic (exact) mass is 270 g/mol. The summed E-state index contributed by atoms with van der Waals surface area (Å²) in [7, 11) is 0. The molecule has 0 heterocycles. The quantitative estimate of drug-likeness (QED) is 0.417. The van der Waals surface area contributed by atoms with Crippen molar-refractivity contribution in [3.63, 3.8) is 0 Å². The van der Waals surface area contributed by atoms with Gasteiger partial charge in [-0.25, -0.2) is 0 Å². The third kappa shape index (κ3) is 12.9. The van der Waals surface area contributed by atoms with Gasteiger partial charge in [0, 0.05) is 0 Å². The van der Waals surface area contributed by atoms with Crippen molar-refractivity contribution < 1.29 is 19.8 Å². The molecule has 0 rings (SSSR count). The summed E-state index contributed by atoms with van der Waals surface area (Å²) < 4.78 is 0. The normalized spacial score (nSPS) is 11.3. The van der Waals surface area contributed by atoms with E-state index in [9.17, 15) is 9.59 Å². The van der Waals surface area contributed by atoms with Crippen molar-refractivity contribution in [3.05, 3.63) is 12.2 Å². The second-order valence-corrected chi connectivity index (χ2v) is 4.94. The van der Waals surface area contributed by atoms with Gasteiger partial charge in [-0.2, -0.15) is 0 Å². The van der Waals surface area contributed by atoms with Gasteiger partial charge in [-0.3, -0.25) is 9.59 Å². The molecule has 0 aliphatic carbocycles. The minimum absolute atomic E-state index is 0.112. The van der Waals surface area contributed by atoms with Gasteiger partial charge in [0.1, 0.15) is 0 Å². The highest BCUT2D eigenvalue weighted by Crippen LogP contribution is 2.13. The molecule has 0 spiro atoms. The van der Waals surface area contributed by atoms with Crippen LogP contribution in [0.15, 0.2) is 12.2 Å². The van der Waals surface area contributed by atoms with Gasteiger partial charge in [0.15, 0.2) is 0 Å². The Kier molecular flexibility index (Phi) is 10.9. The summed E-state index contributed by atoms with van der Waals surface area (Å²) in [6, 6.07) is 0. The van der Waals surface area contributed by atoms with Crippen LogP contribution >= 0.6 is 0 Å². The van der Waals surface area contributed by atoms with Gasteiger partial charge in [-0.05, 0) is 18.8 Å². The highest BCUT2D eigenvalue weighted by molar-refractivity contribution is 5.71. The molecule has 0 bridgehead atoms. The maximum absolute atomic E-state index is 10.6. The molecular formula is C15H26O4. The number of carboxylic acids is 2. The molecule has 0 saturated carbocycles. The standard InChI is InChI=1S/C15H26O4/c1-2-3-4-5-6-7-8-9-10-13(11-14(16)17)12-15(18)19/h9-10,13H,2-8,11-12H2,1H3,(H,16,17)(H,18,19)/b10-9+. The van der Waals surface area contributed by atoms with E-state index in [-0.39, 0.29) is 12.8 Å². The van der Waals surface area contributed by atoms with Crippen molar-refractivity contribution in [2.45, 2.75) is 64.7 Å². The Morgan fingerprint density at radius 1 is 0.947 bits per heavy atom. The molecule has 0 aromatic carbocycles. The van der Waals surface area contributed by atoms with Crippen molar-refractivity contribution in [2.24, 2.45) is 5.92 Å². The van der Waals surface area contributed by atoms with Crippen LogP contribution in [0.4, 0.5) is 0 Å². The Morgan fingerprint density at radius 3 is 2.00 bits per heavy atom. The molecule has 0 aromatic rings. The number of aliphatic carboxylic acids is 2. The summed E-state index contributed by atoms with van der Waals surface area (Å²) in [4.78, 5) is 21.2. The Labute approximate surface area is 115 Å². The first-order chi connectivity index (χ1) is 9.06. The average Bonchev–Trinajstić information content (AvgIpc) is 2.30. The fourth-order valence-electron chi connectivity index (χ4n) is 1.99. The molecule has 2 N–H and O–H groups in total. The van der Waals surface area contributed by atoms with Crippen molar-refractivity contribution in [1.82, 2.24) is 0 Å². The third-order valence-corrected chi connectivity index (χ3v) is 3.01. The fourth-order valence-corrected chi connectivity index (χ4v) is 1.99. The number of unbranched alkanes of at least 4 members (excludes halogenated alkanes) is 6. The van der Waals surface area contributed by atoms with Crippen LogP contribution in [-0.4, -0.2) is 22.2 Å². The van der Waals surface area contributed by atoms with Crippen molar-refractivity contribution >= 4 is 11.9 Å². The van der Waals surface area contributed by atoms with Gasteiger partial charge >= 0.3 is 11.9 Å². The van der Waals surface area contributed by atoms with E-state index in [0.717, 1.165) is 12.8 Å². The summed E-state index contributed by atoms with van der Waals surface area (Å²) in [5, 5.41) is 17.4. The predicted molar refractivity (Wildman–Crippen MR) is 75.1 cm³/mol. The van der Waals surface area contributed by atoms with Crippen LogP contribution in [0.25, 0.3) is 0 Å². The first kappa shape index (κ1) is 17.7. The second-order valence-electron chi connectivity index (χ2n) is 4.94. The van der Waals surface area contributed by atoms with E-state index in [4.69, 9.17) is 10.2 Å². The predicted octanol–water partition coefficient (Wildman–Crippen LogP) is 3.86. The number of carboxylic acid groups (broad SMARTS) is 2. The summed E-state index contributed by atoms with van der Waals surface area (Å²) in [6.07, 6.45) is 11.7. The first-order valence-corrected chi connectivity index (χ1v) is 7.16. The van der Waals surface area contributed by atoms with E-state index < -0.39 is 17.9 Å². The number of allylic oxidation sites excluding steroid dienone is 2. The summed E-state index contributed by atoms with van der Waals surface area (Å²) in [6.45, 7) is 2.19. The highest BCUT2D eigenvalue weighted by Gasteiger charge is 2.13. The number of rotatable bonds is 12. The molecule has 0 aliphatic heterocycles. The largest absolute Gasteiger partial charge is 0.481 e. The highest BCUT2D eigenvalue weighted by atomic mass is 16.4. The summed E-state index contributed by atoms with van der Waals surface area (Å²) >= 11 is 0. The number of hydrogen-bond donors (Lipinski definition) is 2. The third-order valence-electron chi connectivity index (χ3n) is 3.01. The van der Waals surface area contributed by atoms with Crippen molar-refractivity contribution in [3.8, 4) is 0 Å². The molecule has 4 nitrogen and oxygen atoms in total. The molecule has 0 amide bonds. The van der Waals surface area contributed by atoms with Gasteiger partial charge in [0.05, 0.1) is 12.8 Å². The maximum Gasteiger partial charge on any atom is 0.303 e. The second kappa shape index (κ2) is 11.8. The molecule has 0 saturated heterocycles. The molecule has 0 radical (unpaired) electrons. The number of hydrogen-bond acceptors (Lipinski definition) is 2. The van der Waals surface area contributed by atoms with E-state index >= 15 is 0 Å². The lowest BCUT2D eigenvalue weighted by Crippen LogP contribution is -2.10. The van der Waals surface area contributed by atoms with Gasteiger partial charge < -0.3 is 10.2 Å². The Hall–Kier alpha value is -1.32. The van der Waals surface area contributed by atoms with E-state index in [2.05, 4.69) is 6.92 Å². The minimum Gasteiger partial charge on any atom is -0.481 e. The molecule has 0 aromatic heterocycles. The zero-order valence-electron chi connectivity index (χ0n) is 11.8. The molecule has 19 heavy (non-hydrogen) atoms. The fraction of sp³-hybridized carbons (Fsp3) is 0.733. The summed E-state index contributed by atoms with van der Waals surface area (Å²) in [5.41, 5.74) is 0. The first-order valence-electron chi connectivity index (χ1n) is 7.16. The number of carbonyl (C=O) groups is 2. The Morgan fingerprint density at radius 2 is 1.47 bits per heavy atom. The topological polar surface area (TPSA) is 74.6 Å². The molecule has 0 atom stereocenters. The summed E-state index contributed by atoms with van der Waals surface area (Å²) in [5.74, 6) is -2.29. The minimum atomic E-state index is -0.949. The maximum atomic E-state index is 10.6. The van der Waals surface area contributed by atoms with E-state index in [1.165, 1.54) is 32.1 Å². The molecule has 4 heteroatoms. The van der Waals surface area contributed by atoms with Crippen LogP contribution in [0.2, 0.25) is 0 Å². The molecule has 0 unspecified atom stereocenters.